The molecule has 0 spiro atoms. The Balaban J connectivity index is 3.14. The molecule has 0 bridgehead atoms. The summed E-state index contributed by atoms with van der Waals surface area (Å²) in [6.07, 6.45) is 0. The quantitative estimate of drug-likeness (QED) is 0.784. The number of aromatic nitrogens is 1. The molecule has 0 saturated heterocycles. The van der Waals surface area contributed by atoms with Crippen LogP contribution in [0.5, 0.6) is 0 Å². The highest BCUT2D eigenvalue weighted by atomic mass is 16.2. The first-order valence-corrected chi connectivity index (χ1v) is 5.00. The van der Waals surface area contributed by atoms with Crippen LogP contribution < -0.4 is 11.1 Å². The summed E-state index contributed by atoms with van der Waals surface area (Å²) in [6.45, 7) is 5.41. The van der Waals surface area contributed by atoms with Gasteiger partial charge in [0, 0.05) is 11.7 Å². The van der Waals surface area contributed by atoms with Crippen molar-refractivity contribution in [3.8, 4) is 0 Å². The number of nitrogens with zero attached hydrogens (tertiary/aromatic N) is 1. The van der Waals surface area contributed by atoms with Crippen LogP contribution in [0.2, 0.25) is 0 Å². The molecule has 0 aromatic carbocycles. The van der Waals surface area contributed by atoms with E-state index < -0.39 is 5.91 Å². The van der Waals surface area contributed by atoms with Crippen LogP contribution in [0.15, 0.2) is 12.1 Å². The number of amides is 2. The SMILES string of the molecule is Cc1ccc(C(N)=O)c(C(=O)NC(C)C)n1. The number of nitrogens with one attached hydrogen (secondary N) is 1. The summed E-state index contributed by atoms with van der Waals surface area (Å²) < 4.78 is 0. The Hall–Kier alpha value is -1.91. The Bertz CT molecular complexity index is 427. The molecule has 0 fully saturated rings. The van der Waals surface area contributed by atoms with Crippen molar-refractivity contribution < 1.29 is 9.59 Å². The summed E-state index contributed by atoms with van der Waals surface area (Å²) in [4.78, 5) is 26.9. The highest BCUT2D eigenvalue weighted by Gasteiger charge is 2.17. The van der Waals surface area contributed by atoms with Gasteiger partial charge in [0.25, 0.3) is 11.8 Å². The van der Waals surface area contributed by atoms with E-state index in [4.69, 9.17) is 5.73 Å². The van der Waals surface area contributed by atoms with E-state index in [2.05, 4.69) is 10.3 Å². The van der Waals surface area contributed by atoms with Crippen LogP contribution in [-0.4, -0.2) is 22.8 Å². The van der Waals surface area contributed by atoms with Gasteiger partial charge in [0.15, 0.2) is 0 Å². The smallest absolute Gasteiger partial charge is 0.270 e. The van der Waals surface area contributed by atoms with Gasteiger partial charge in [-0.2, -0.15) is 0 Å². The fraction of sp³-hybridized carbons (Fsp3) is 0.364. The molecule has 0 saturated carbocycles. The molecule has 0 aliphatic rings. The third kappa shape index (κ3) is 2.79. The summed E-state index contributed by atoms with van der Waals surface area (Å²) >= 11 is 0. The second-order valence-corrected chi connectivity index (χ2v) is 3.84. The van der Waals surface area contributed by atoms with Crippen molar-refractivity contribution in [2.45, 2.75) is 26.8 Å². The summed E-state index contributed by atoms with van der Waals surface area (Å²) in [5.74, 6) is -1.03. The van der Waals surface area contributed by atoms with Crippen LogP contribution in [0.1, 0.15) is 40.4 Å². The van der Waals surface area contributed by atoms with Crippen LogP contribution in [0, 0.1) is 6.92 Å². The lowest BCUT2D eigenvalue weighted by Crippen LogP contribution is -2.33. The molecule has 16 heavy (non-hydrogen) atoms. The predicted molar refractivity (Wildman–Crippen MR) is 60.1 cm³/mol. The second kappa shape index (κ2) is 4.74. The average Bonchev–Trinajstić information content (AvgIpc) is 2.15. The molecule has 0 unspecified atom stereocenters. The number of nitrogens with two attached hydrogens (primary N) is 1. The zero-order valence-electron chi connectivity index (χ0n) is 9.57. The van der Waals surface area contributed by atoms with Crippen LogP contribution in [-0.2, 0) is 0 Å². The average molecular weight is 221 g/mol. The summed E-state index contributed by atoms with van der Waals surface area (Å²) in [5.41, 5.74) is 6.07. The van der Waals surface area contributed by atoms with Crippen molar-refractivity contribution in [1.29, 1.82) is 0 Å². The fourth-order valence-electron chi connectivity index (χ4n) is 1.26. The normalized spacial score (nSPS) is 10.2. The Morgan fingerprint density at radius 1 is 1.38 bits per heavy atom. The minimum atomic E-state index is -0.651. The minimum absolute atomic E-state index is 0.0180. The highest BCUT2D eigenvalue weighted by Crippen LogP contribution is 2.07. The number of carbonyl (C=O) groups excluding carboxylic acids is 2. The van der Waals surface area contributed by atoms with E-state index in [-0.39, 0.29) is 23.2 Å². The molecule has 0 aliphatic heterocycles. The zero-order chi connectivity index (χ0) is 12.3. The third-order valence-corrected chi connectivity index (χ3v) is 1.93. The van der Waals surface area contributed by atoms with E-state index >= 15 is 0 Å². The lowest BCUT2D eigenvalue weighted by Gasteiger charge is -2.10. The molecule has 5 nitrogen and oxygen atoms in total. The lowest BCUT2D eigenvalue weighted by molar-refractivity contribution is 0.0922. The minimum Gasteiger partial charge on any atom is -0.366 e. The van der Waals surface area contributed by atoms with Crippen LogP contribution in [0.3, 0.4) is 0 Å². The van der Waals surface area contributed by atoms with Crippen LogP contribution in [0.4, 0.5) is 0 Å². The first kappa shape index (κ1) is 12.2. The van der Waals surface area contributed by atoms with Gasteiger partial charge >= 0.3 is 0 Å². The number of rotatable bonds is 3. The first-order chi connectivity index (χ1) is 7.41. The Kier molecular flexibility index (Phi) is 3.60. The van der Waals surface area contributed by atoms with Crippen molar-refractivity contribution in [1.82, 2.24) is 10.3 Å². The summed E-state index contributed by atoms with van der Waals surface area (Å²) in [7, 11) is 0. The van der Waals surface area contributed by atoms with E-state index in [0.717, 1.165) is 0 Å². The Morgan fingerprint density at radius 2 is 2.00 bits per heavy atom. The van der Waals surface area contributed by atoms with Crippen molar-refractivity contribution in [3.63, 3.8) is 0 Å². The maximum Gasteiger partial charge on any atom is 0.270 e. The number of hydrogen-bond acceptors (Lipinski definition) is 3. The maximum absolute atomic E-state index is 11.8. The highest BCUT2D eigenvalue weighted by molar-refractivity contribution is 6.05. The number of primary amides is 1. The summed E-state index contributed by atoms with van der Waals surface area (Å²) in [6, 6.07) is 3.14. The van der Waals surface area contributed by atoms with Gasteiger partial charge < -0.3 is 11.1 Å². The molecule has 3 N–H and O–H groups in total. The molecule has 5 heteroatoms. The van der Waals surface area contributed by atoms with Gasteiger partial charge in [-0.25, -0.2) is 4.98 Å². The maximum atomic E-state index is 11.8. The van der Waals surface area contributed by atoms with Crippen LogP contribution >= 0.6 is 0 Å². The van der Waals surface area contributed by atoms with Gasteiger partial charge in [0.2, 0.25) is 0 Å². The molecule has 2 amide bonds. The molecule has 86 valence electrons. The van der Waals surface area contributed by atoms with E-state index in [1.807, 2.05) is 13.8 Å². The molecule has 0 aliphatic carbocycles. The standard InChI is InChI=1S/C11H15N3O2/c1-6(2)13-11(16)9-8(10(12)15)5-4-7(3)14-9/h4-6H,1-3H3,(H2,12,15)(H,13,16). The molecule has 1 aromatic heterocycles. The lowest BCUT2D eigenvalue weighted by atomic mass is 10.1. The largest absolute Gasteiger partial charge is 0.366 e. The van der Waals surface area contributed by atoms with Gasteiger partial charge in [0.05, 0.1) is 5.56 Å². The van der Waals surface area contributed by atoms with E-state index in [9.17, 15) is 9.59 Å². The Labute approximate surface area is 94.1 Å². The Morgan fingerprint density at radius 3 is 2.50 bits per heavy atom. The topological polar surface area (TPSA) is 85.1 Å². The van der Waals surface area contributed by atoms with Crippen molar-refractivity contribution in [3.05, 3.63) is 29.1 Å². The molecule has 1 rings (SSSR count). The van der Waals surface area contributed by atoms with E-state index in [1.165, 1.54) is 6.07 Å². The van der Waals surface area contributed by atoms with Gasteiger partial charge in [-0.3, -0.25) is 9.59 Å². The molecular formula is C11H15N3O2. The number of carbonyl (C=O) groups is 2. The molecule has 1 aromatic rings. The van der Waals surface area contributed by atoms with Crippen LogP contribution in [0.25, 0.3) is 0 Å². The monoisotopic (exact) mass is 221 g/mol. The van der Waals surface area contributed by atoms with Gasteiger partial charge in [-0.1, -0.05) is 0 Å². The molecule has 0 atom stereocenters. The number of aryl methyl sites for hydroxylation is 1. The van der Waals surface area contributed by atoms with E-state index in [0.29, 0.717) is 5.69 Å². The van der Waals surface area contributed by atoms with Crippen molar-refractivity contribution >= 4 is 11.8 Å². The van der Waals surface area contributed by atoms with Gasteiger partial charge in [-0.15, -0.1) is 0 Å². The first-order valence-electron chi connectivity index (χ1n) is 5.00. The molecular weight excluding hydrogens is 206 g/mol. The fourth-order valence-corrected chi connectivity index (χ4v) is 1.26. The van der Waals surface area contributed by atoms with Gasteiger partial charge in [0.1, 0.15) is 5.69 Å². The van der Waals surface area contributed by atoms with Gasteiger partial charge in [-0.05, 0) is 32.9 Å². The third-order valence-electron chi connectivity index (χ3n) is 1.93. The van der Waals surface area contributed by atoms with Crippen molar-refractivity contribution in [2.24, 2.45) is 5.73 Å². The molecule has 1 heterocycles. The van der Waals surface area contributed by atoms with Crippen molar-refractivity contribution in [2.75, 3.05) is 0 Å². The molecule has 0 radical (unpaired) electrons. The summed E-state index contributed by atoms with van der Waals surface area (Å²) in [5, 5.41) is 2.67. The zero-order valence-corrected chi connectivity index (χ0v) is 9.57. The number of hydrogen-bond donors (Lipinski definition) is 2. The second-order valence-electron chi connectivity index (χ2n) is 3.84. The van der Waals surface area contributed by atoms with E-state index in [1.54, 1.807) is 13.0 Å². The number of pyridine rings is 1. The predicted octanol–water partition coefficient (Wildman–Crippen LogP) is 0.627.